The molecule has 6 aliphatic heterocycles. The standard InChI is InChI=1S/3C20H25N10O10P.3Na/c3*21-15-9-17(25-3-23-15)29(5-27-9)19-13(33)11(31)7(39-19)1-37-41(35,36)38-2-8-12(32)14(34)20(40-8)30-6-28-10-16(22)24-4-26-18(10)30;;;/h3*3-8,11-14,19-20,31-34H,1-2H2,(H,35,36)(H2,21,23,25)(H2,22,24,26);;;/q;;;3*+1/p-3/t3*7-,8-,11-,12-,13-,14-,19-,20-;;;/m111.../s1. The molecule has 24 atom stereocenters. The summed E-state index contributed by atoms with van der Waals surface area (Å²) in [6, 6.07) is 0. The number of nitrogens with zero attached hydrogens (tertiary/aromatic N) is 24. The van der Waals surface area contributed by atoms with Crippen molar-refractivity contribution in [3.63, 3.8) is 0 Å². The van der Waals surface area contributed by atoms with Crippen molar-refractivity contribution in [2.45, 2.75) is 147 Å². The Hall–Kier alpha value is -7.29. The quantitative estimate of drug-likeness (QED) is 0.0197. The van der Waals surface area contributed by atoms with Crippen molar-refractivity contribution in [3.05, 3.63) is 75.9 Å². The number of rotatable bonds is 24. The van der Waals surface area contributed by atoms with E-state index >= 15 is 0 Å². The number of imidazole rings is 6. The molecule has 24 N–H and O–H groups in total. The number of hydrogen-bond acceptors (Lipinski definition) is 54. The SMILES string of the molecule is Nc1ncnc2c1ncn2[C@@H]1O[C@H](COP(=O)([O-])OC[C@H]2O[C@@H](n3cnc4c(N)ncnc43)[C@H](O)[C@@H]2O)[C@@H](O)[C@H]1O.Nc1ncnc2c1ncn2[C@@H]1O[C@H](COP(=O)([O-])OC[C@H]2O[C@@H](n3cnc4c(N)ncnc43)[C@H](O)[C@@H]2O)[C@@H](O)[C@H]1O.Nc1ncnc2c1ncn2[C@@H]1O[C@H](COP(=O)([O-])OC[C@H]2O[C@@H](n3cnc4c(N)ncnc43)[C@H](O)[C@@H]2O)[C@@H](O)[C@H]1O.[Na+].[Na+].[Na+]. The van der Waals surface area contributed by atoms with E-state index in [4.69, 9.17) is 90.0 Å². The van der Waals surface area contributed by atoms with Crippen LogP contribution in [0.25, 0.3) is 67.0 Å². The van der Waals surface area contributed by atoms with Crippen molar-refractivity contribution in [2.75, 3.05) is 74.0 Å². The van der Waals surface area contributed by atoms with Gasteiger partial charge < -0.3 is 166 Å². The van der Waals surface area contributed by atoms with Crippen LogP contribution in [0.2, 0.25) is 0 Å². The van der Waals surface area contributed by atoms with E-state index in [1.54, 1.807) is 0 Å². The number of ether oxygens (including phenoxy) is 6. The van der Waals surface area contributed by atoms with Crippen LogP contribution >= 0.6 is 23.5 Å². The van der Waals surface area contributed by atoms with Crippen LogP contribution in [0.3, 0.4) is 0 Å². The third-order valence-electron chi connectivity index (χ3n) is 20.4. The number of aromatic nitrogens is 24. The van der Waals surface area contributed by atoms with Crippen LogP contribution in [0, 0.1) is 0 Å². The molecule has 0 amide bonds. The number of aliphatic hydroxyl groups excluding tert-OH is 12. The fraction of sp³-hybridized carbons (Fsp3) is 0.500. The molecule has 6 saturated heterocycles. The Morgan fingerprint density at radius 3 is 0.524 bits per heavy atom. The summed E-state index contributed by atoms with van der Waals surface area (Å²) in [4.78, 5) is 109. The zero-order valence-corrected chi connectivity index (χ0v) is 74.0. The first-order valence-electron chi connectivity index (χ1n) is 36.1. The summed E-state index contributed by atoms with van der Waals surface area (Å²) in [6.45, 7) is -4.33. The van der Waals surface area contributed by atoms with Gasteiger partial charge in [0.2, 0.25) is 0 Å². The van der Waals surface area contributed by atoms with Gasteiger partial charge in [-0.15, -0.1) is 0 Å². The Morgan fingerprint density at radius 1 is 0.254 bits per heavy atom. The number of nitrogen functional groups attached to an aromatic ring is 6. The van der Waals surface area contributed by atoms with Gasteiger partial charge in [0, 0.05) is 0 Å². The van der Waals surface area contributed by atoms with Crippen LogP contribution in [0.1, 0.15) is 37.4 Å². The van der Waals surface area contributed by atoms with Crippen LogP contribution in [0.4, 0.5) is 34.9 Å². The number of nitrogens with two attached hydrogens (primary N) is 6. The van der Waals surface area contributed by atoms with Crippen LogP contribution in [0.5, 0.6) is 0 Å². The van der Waals surface area contributed by atoms with Crippen molar-refractivity contribution in [1.82, 2.24) is 117 Å². The summed E-state index contributed by atoms with van der Waals surface area (Å²) in [6.07, 6.45) is -18.3. The van der Waals surface area contributed by atoms with Gasteiger partial charge >= 0.3 is 88.7 Å². The number of anilines is 6. The molecule has 66 heteroatoms. The molecule has 660 valence electrons. The molecule has 0 saturated carbocycles. The van der Waals surface area contributed by atoms with Gasteiger partial charge in [-0.3, -0.25) is 41.1 Å². The van der Waals surface area contributed by atoms with Gasteiger partial charge in [-0.1, -0.05) is 0 Å². The molecule has 0 aliphatic carbocycles. The average molecular weight is 1860 g/mol. The minimum atomic E-state index is -5.05. The number of fused-ring (bicyclic) bond motifs is 6. The Balaban J connectivity index is 0.000000160. The molecule has 18 rings (SSSR count). The molecule has 6 fully saturated rings. The van der Waals surface area contributed by atoms with Gasteiger partial charge in [0.25, 0.3) is 23.5 Å². The van der Waals surface area contributed by atoms with Gasteiger partial charge in [0.05, 0.1) is 77.6 Å². The van der Waals surface area contributed by atoms with Gasteiger partial charge in [0.1, 0.15) is 181 Å². The summed E-state index contributed by atoms with van der Waals surface area (Å²) < 4.78 is 108. The Morgan fingerprint density at radius 2 is 0.389 bits per heavy atom. The molecule has 0 bridgehead atoms. The van der Waals surface area contributed by atoms with Gasteiger partial charge in [-0.25, -0.2) is 89.7 Å². The van der Waals surface area contributed by atoms with Crippen molar-refractivity contribution >= 4 is 125 Å². The third-order valence-corrected chi connectivity index (χ3v) is 23.2. The maximum absolute atomic E-state index is 12.5. The van der Waals surface area contributed by atoms with Gasteiger partial charge in [0.15, 0.2) is 106 Å². The number of hydrogen-bond donors (Lipinski definition) is 18. The first-order chi connectivity index (χ1) is 58.7. The minimum Gasteiger partial charge on any atom is -0.756 e. The average Bonchev–Trinajstić information content (AvgIpc) is 1.65. The van der Waals surface area contributed by atoms with E-state index in [1.807, 2.05) is 0 Å². The second-order valence-corrected chi connectivity index (χ2v) is 32.1. The monoisotopic (exact) mass is 1850 g/mol. The van der Waals surface area contributed by atoms with E-state index in [-0.39, 0.29) is 191 Å². The second kappa shape index (κ2) is 39.0. The van der Waals surface area contributed by atoms with Crippen LogP contribution in [-0.2, 0) is 69.3 Å². The predicted molar refractivity (Wildman–Crippen MR) is 392 cm³/mol. The van der Waals surface area contributed by atoms with Crippen molar-refractivity contribution in [1.29, 1.82) is 0 Å². The molecular weight excluding hydrogens is 1780 g/mol. The number of aliphatic hydroxyl groups is 12. The zero-order valence-electron chi connectivity index (χ0n) is 65.3. The first-order valence-corrected chi connectivity index (χ1v) is 40.5. The van der Waals surface area contributed by atoms with Crippen LogP contribution < -0.4 is 138 Å². The minimum absolute atomic E-state index is 0. The normalized spacial score (nSPS) is 31.0. The fourth-order valence-electron chi connectivity index (χ4n) is 14.0. The van der Waals surface area contributed by atoms with E-state index in [1.165, 1.54) is 103 Å². The molecule has 0 unspecified atom stereocenters. The topological polar surface area (TPSA) is 892 Å². The Bertz CT molecular complexity index is 5100. The molecule has 0 radical (unpaired) electrons. The molecule has 0 spiro atoms. The van der Waals surface area contributed by atoms with Crippen LogP contribution in [-0.4, -0.2) is 328 Å². The summed E-state index contributed by atoms with van der Waals surface area (Å²) in [5.74, 6) is 0.574. The third kappa shape index (κ3) is 19.0. The van der Waals surface area contributed by atoms with Crippen molar-refractivity contribution in [2.24, 2.45) is 0 Å². The molecular formula is C60H72N30Na3O30P3. The molecule has 6 aliphatic rings. The van der Waals surface area contributed by atoms with E-state index in [2.05, 4.69) is 89.7 Å². The number of phosphoric acid groups is 3. The molecule has 60 nitrogen and oxygen atoms in total. The van der Waals surface area contributed by atoms with E-state index in [0.717, 1.165) is 0 Å². The predicted octanol–water partition coefficient (Wildman–Crippen LogP) is -19.3. The number of phosphoric ester groups is 3. The fourth-order valence-corrected chi connectivity index (χ4v) is 16.2. The molecule has 126 heavy (non-hydrogen) atoms. The smallest absolute Gasteiger partial charge is 0.756 e. The maximum Gasteiger partial charge on any atom is 1.00 e. The summed E-state index contributed by atoms with van der Waals surface area (Å²) in [7, 11) is -15.1. The first kappa shape index (κ1) is 96.3. The zero-order chi connectivity index (χ0) is 87.2. The van der Waals surface area contributed by atoms with Gasteiger partial charge in [-0.05, 0) is 0 Å². The summed E-state index contributed by atoms with van der Waals surface area (Å²) in [5, 5.41) is 126. The van der Waals surface area contributed by atoms with E-state index in [9.17, 15) is 89.7 Å². The molecule has 12 aromatic rings. The van der Waals surface area contributed by atoms with Gasteiger partial charge in [-0.2, -0.15) is 0 Å². The van der Waals surface area contributed by atoms with Crippen molar-refractivity contribution in [3.8, 4) is 0 Å². The second-order valence-electron chi connectivity index (χ2n) is 27.9. The van der Waals surface area contributed by atoms with Crippen molar-refractivity contribution < 1.29 is 234 Å². The summed E-state index contributed by atoms with van der Waals surface area (Å²) >= 11 is 0. The largest absolute Gasteiger partial charge is 1.00 e. The van der Waals surface area contributed by atoms with E-state index < -0.39 is 210 Å². The Kier molecular flexibility index (Phi) is 29.8. The summed E-state index contributed by atoms with van der Waals surface area (Å²) in [5.41, 5.74) is 37.5. The molecule has 12 aromatic heterocycles. The molecule has 18 heterocycles. The van der Waals surface area contributed by atoms with Crippen LogP contribution in [0.15, 0.2) is 75.9 Å². The maximum atomic E-state index is 12.5. The van der Waals surface area contributed by atoms with E-state index in [0.29, 0.717) is 0 Å². The Labute approximate surface area is 767 Å². The molecule has 0 aromatic carbocycles.